The van der Waals surface area contributed by atoms with Gasteiger partial charge in [0, 0.05) is 11.8 Å². The third kappa shape index (κ3) is 10.9. The Bertz CT molecular complexity index is 911. The molecule has 1 aromatic rings. The van der Waals surface area contributed by atoms with Crippen molar-refractivity contribution in [2.24, 2.45) is 11.3 Å². The van der Waals surface area contributed by atoms with Crippen molar-refractivity contribution in [2.45, 2.75) is 72.5 Å². The summed E-state index contributed by atoms with van der Waals surface area (Å²) in [6.07, 6.45) is 0.637. The summed E-state index contributed by atoms with van der Waals surface area (Å²) in [6, 6.07) is 6.55. The van der Waals surface area contributed by atoms with Gasteiger partial charge >= 0.3 is 5.97 Å². The number of methoxy groups -OCH3 is 1. The smallest absolute Gasteiger partial charge is 0.328 e. The lowest BCUT2D eigenvalue weighted by atomic mass is 9.94. The van der Waals surface area contributed by atoms with Gasteiger partial charge in [-0.25, -0.2) is 4.79 Å². The molecule has 200 valence electrons. The van der Waals surface area contributed by atoms with E-state index in [9.17, 15) is 24.0 Å². The molecule has 0 unspecified atom stereocenters. The number of carbonyl (C=O) groups excluding carboxylic acids is 5. The fourth-order valence-electron chi connectivity index (χ4n) is 3.21. The SMILES string of the molecule is COC(=O)[C@@H](CC(C)C)NC(=O)[C@H](C)NC(=O)CNC(=O)[C@@H](Cc1ccccc1)NC(=O)C(C)(C)C. The minimum atomic E-state index is -0.950. The van der Waals surface area contributed by atoms with Gasteiger partial charge < -0.3 is 26.0 Å². The van der Waals surface area contributed by atoms with Crippen molar-refractivity contribution >= 4 is 29.6 Å². The fourth-order valence-corrected chi connectivity index (χ4v) is 3.21. The zero-order valence-electron chi connectivity index (χ0n) is 22.3. The summed E-state index contributed by atoms with van der Waals surface area (Å²) in [5.41, 5.74) is 0.149. The largest absolute Gasteiger partial charge is 0.467 e. The van der Waals surface area contributed by atoms with Gasteiger partial charge in [-0.05, 0) is 24.8 Å². The van der Waals surface area contributed by atoms with Crippen molar-refractivity contribution in [1.82, 2.24) is 21.3 Å². The zero-order valence-corrected chi connectivity index (χ0v) is 22.3. The minimum Gasteiger partial charge on any atom is -0.467 e. The Kier molecular flexibility index (Phi) is 12.1. The van der Waals surface area contributed by atoms with Crippen LogP contribution in [0.15, 0.2) is 30.3 Å². The van der Waals surface area contributed by atoms with Gasteiger partial charge in [-0.1, -0.05) is 65.0 Å². The van der Waals surface area contributed by atoms with E-state index < -0.39 is 47.2 Å². The highest BCUT2D eigenvalue weighted by Crippen LogP contribution is 2.14. The van der Waals surface area contributed by atoms with Crippen molar-refractivity contribution in [3.05, 3.63) is 35.9 Å². The van der Waals surface area contributed by atoms with E-state index in [1.54, 1.807) is 20.8 Å². The highest BCUT2D eigenvalue weighted by atomic mass is 16.5. The van der Waals surface area contributed by atoms with E-state index in [1.807, 2.05) is 44.2 Å². The molecule has 0 spiro atoms. The van der Waals surface area contributed by atoms with Gasteiger partial charge in [0.05, 0.1) is 13.7 Å². The second kappa shape index (κ2) is 14.2. The Labute approximate surface area is 213 Å². The maximum atomic E-state index is 12.9. The number of rotatable bonds is 12. The van der Waals surface area contributed by atoms with Gasteiger partial charge in [-0.2, -0.15) is 0 Å². The summed E-state index contributed by atoms with van der Waals surface area (Å²) in [6.45, 7) is 10.1. The molecule has 1 aromatic carbocycles. The van der Waals surface area contributed by atoms with Crippen LogP contribution >= 0.6 is 0 Å². The van der Waals surface area contributed by atoms with Gasteiger partial charge in [0.2, 0.25) is 23.6 Å². The molecular weight excluding hydrogens is 464 g/mol. The average molecular weight is 505 g/mol. The topological polar surface area (TPSA) is 143 Å². The molecule has 0 aliphatic heterocycles. The van der Waals surface area contributed by atoms with E-state index in [0.717, 1.165) is 5.56 Å². The third-order valence-electron chi connectivity index (χ3n) is 5.29. The van der Waals surface area contributed by atoms with E-state index in [4.69, 9.17) is 4.74 Å². The normalized spacial score (nSPS) is 13.7. The first-order valence-electron chi connectivity index (χ1n) is 12.0. The lowest BCUT2D eigenvalue weighted by Gasteiger charge is -2.24. The van der Waals surface area contributed by atoms with Gasteiger partial charge in [0.25, 0.3) is 0 Å². The molecule has 0 aliphatic rings. The molecule has 10 heteroatoms. The summed E-state index contributed by atoms with van der Waals surface area (Å²) >= 11 is 0. The molecule has 0 fully saturated rings. The van der Waals surface area contributed by atoms with Crippen LogP contribution < -0.4 is 21.3 Å². The molecule has 0 bridgehead atoms. The number of nitrogens with one attached hydrogen (secondary N) is 4. The summed E-state index contributed by atoms with van der Waals surface area (Å²) in [4.78, 5) is 62.2. The molecule has 0 aromatic heterocycles. The molecule has 4 N–H and O–H groups in total. The Morgan fingerprint density at radius 1 is 0.861 bits per heavy atom. The lowest BCUT2D eigenvalue weighted by molar-refractivity contribution is -0.145. The Hall–Kier alpha value is -3.43. The minimum absolute atomic E-state index is 0.136. The van der Waals surface area contributed by atoms with Crippen LogP contribution in [-0.4, -0.2) is 61.4 Å². The Balaban J connectivity index is 2.73. The molecule has 0 saturated carbocycles. The number of esters is 1. The Morgan fingerprint density at radius 3 is 2.00 bits per heavy atom. The molecule has 10 nitrogen and oxygen atoms in total. The standard InChI is InChI=1S/C26H40N4O6/c1-16(2)13-20(24(34)36-7)29-22(32)17(3)28-21(31)15-27-23(33)19(30-25(35)26(4,5)6)14-18-11-9-8-10-12-18/h8-12,16-17,19-20H,13-15H2,1-7H3,(H,27,33)(H,28,31)(H,29,32)(H,30,35)/t17-,19+,20+/m0/s1. The van der Waals surface area contributed by atoms with Crippen LogP contribution in [0.1, 0.15) is 53.5 Å². The van der Waals surface area contributed by atoms with Crippen molar-refractivity contribution in [3.63, 3.8) is 0 Å². The van der Waals surface area contributed by atoms with E-state index in [-0.39, 0.29) is 24.8 Å². The molecule has 0 saturated heterocycles. The maximum absolute atomic E-state index is 12.9. The molecule has 0 radical (unpaired) electrons. The monoisotopic (exact) mass is 504 g/mol. The van der Waals surface area contributed by atoms with Crippen molar-refractivity contribution in [2.75, 3.05) is 13.7 Å². The number of hydrogen-bond donors (Lipinski definition) is 4. The van der Waals surface area contributed by atoms with Crippen molar-refractivity contribution < 1.29 is 28.7 Å². The second-order valence-corrected chi connectivity index (χ2v) is 10.2. The van der Waals surface area contributed by atoms with Crippen LogP contribution in [0.25, 0.3) is 0 Å². The second-order valence-electron chi connectivity index (χ2n) is 10.2. The van der Waals surface area contributed by atoms with Crippen LogP contribution in [0.2, 0.25) is 0 Å². The molecule has 36 heavy (non-hydrogen) atoms. The number of benzene rings is 1. The lowest BCUT2D eigenvalue weighted by Crippen LogP contribution is -2.54. The van der Waals surface area contributed by atoms with Gasteiger partial charge in [-0.15, -0.1) is 0 Å². The molecular formula is C26H40N4O6. The number of ether oxygens (including phenoxy) is 1. The molecule has 4 amide bonds. The Morgan fingerprint density at radius 2 is 1.47 bits per heavy atom. The predicted molar refractivity (Wildman–Crippen MR) is 136 cm³/mol. The highest BCUT2D eigenvalue weighted by Gasteiger charge is 2.29. The van der Waals surface area contributed by atoms with Crippen LogP contribution in [0.4, 0.5) is 0 Å². The number of carbonyl (C=O) groups is 5. The summed E-state index contributed by atoms with van der Waals surface area (Å²) in [5, 5.41) is 10.4. The van der Waals surface area contributed by atoms with E-state index in [1.165, 1.54) is 14.0 Å². The van der Waals surface area contributed by atoms with E-state index in [0.29, 0.717) is 6.42 Å². The zero-order chi connectivity index (χ0) is 27.5. The first-order valence-corrected chi connectivity index (χ1v) is 12.0. The van der Waals surface area contributed by atoms with Crippen LogP contribution in [0.5, 0.6) is 0 Å². The van der Waals surface area contributed by atoms with Gasteiger partial charge in [0.1, 0.15) is 18.1 Å². The molecule has 1 rings (SSSR count). The van der Waals surface area contributed by atoms with Gasteiger partial charge in [-0.3, -0.25) is 19.2 Å². The molecule has 3 atom stereocenters. The molecule has 0 aliphatic carbocycles. The number of amides is 4. The van der Waals surface area contributed by atoms with Gasteiger partial charge in [0.15, 0.2) is 0 Å². The van der Waals surface area contributed by atoms with E-state index in [2.05, 4.69) is 21.3 Å². The molecule has 0 heterocycles. The predicted octanol–water partition coefficient (Wildman–Crippen LogP) is 1.08. The van der Waals surface area contributed by atoms with Crippen molar-refractivity contribution in [1.29, 1.82) is 0 Å². The average Bonchev–Trinajstić information content (AvgIpc) is 2.80. The summed E-state index contributed by atoms with van der Waals surface area (Å²) in [7, 11) is 1.24. The van der Waals surface area contributed by atoms with Crippen LogP contribution in [0.3, 0.4) is 0 Å². The maximum Gasteiger partial charge on any atom is 0.328 e. The van der Waals surface area contributed by atoms with E-state index >= 15 is 0 Å². The summed E-state index contributed by atoms with van der Waals surface area (Å²) in [5.74, 6) is -2.39. The quantitative estimate of drug-likeness (QED) is 0.314. The third-order valence-corrected chi connectivity index (χ3v) is 5.29. The summed E-state index contributed by atoms with van der Waals surface area (Å²) < 4.78 is 4.73. The highest BCUT2D eigenvalue weighted by molar-refractivity contribution is 5.94. The fraction of sp³-hybridized carbons (Fsp3) is 0.577. The van der Waals surface area contributed by atoms with Crippen LogP contribution in [-0.2, 0) is 35.1 Å². The first-order chi connectivity index (χ1) is 16.7. The van der Waals surface area contributed by atoms with Crippen molar-refractivity contribution in [3.8, 4) is 0 Å². The van der Waals surface area contributed by atoms with Crippen LogP contribution in [0, 0.1) is 11.3 Å². The number of hydrogen-bond acceptors (Lipinski definition) is 6. The first kappa shape index (κ1) is 30.6.